The summed E-state index contributed by atoms with van der Waals surface area (Å²) >= 11 is 3.58. The Balaban J connectivity index is 2.41. The van der Waals surface area contributed by atoms with Crippen LogP contribution in [-0.2, 0) is 0 Å². The molecular formula is C12H11Br. The van der Waals surface area contributed by atoms with E-state index in [1.807, 2.05) is 0 Å². The summed E-state index contributed by atoms with van der Waals surface area (Å²) in [4.78, 5) is 0. The van der Waals surface area contributed by atoms with Crippen LogP contribution in [-0.4, -0.2) is 0 Å². The molecule has 0 nitrogen and oxygen atoms in total. The molecule has 13 heavy (non-hydrogen) atoms. The lowest BCUT2D eigenvalue weighted by molar-refractivity contribution is 1.05. The molecule has 0 saturated heterocycles. The molecule has 1 aromatic carbocycles. The molecule has 0 saturated carbocycles. The summed E-state index contributed by atoms with van der Waals surface area (Å²) < 4.78 is 1.23. The number of halogens is 1. The van der Waals surface area contributed by atoms with Gasteiger partial charge in [0.15, 0.2) is 0 Å². The van der Waals surface area contributed by atoms with E-state index in [4.69, 9.17) is 0 Å². The molecule has 0 aromatic heterocycles. The van der Waals surface area contributed by atoms with E-state index in [2.05, 4.69) is 58.4 Å². The minimum absolute atomic E-state index is 1.14. The van der Waals surface area contributed by atoms with Gasteiger partial charge in [0.1, 0.15) is 0 Å². The second-order valence-corrected chi connectivity index (χ2v) is 3.99. The molecular weight excluding hydrogens is 224 g/mol. The van der Waals surface area contributed by atoms with Crippen molar-refractivity contribution >= 4 is 21.5 Å². The van der Waals surface area contributed by atoms with Crippen molar-refractivity contribution in [2.45, 2.75) is 12.8 Å². The lowest BCUT2D eigenvalue weighted by atomic mass is 9.98. The lowest BCUT2D eigenvalue weighted by Gasteiger charge is -2.11. The van der Waals surface area contributed by atoms with Crippen LogP contribution in [0.15, 0.2) is 47.0 Å². The molecule has 0 unspecified atom stereocenters. The van der Waals surface area contributed by atoms with Crippen molar-refractivity contribution in [3.63, 3.8) is 0 Å². The highest BCUT2D eigenvalue weighted by molar-refractivity contribution is 9.12. The van der Waals surface area contributed by atoms with Gasteiger partial charge in [-0.15, -0.1) is 0 Å². The first-order valence-corrected chi connectivity index (χ1v) is 5.28. The third kappa shape index (κ3) is 1.92. The SMILES string of the molecule is BrC1=C(c2ccccc2)CCC=C1. The predicted octanol–water partition coefficient (Wildman–Crippen LogP) is 4.14. The summed E-state index contributed by atoms with van der Waals surface area (Å²) in [5.74, 6) is 0. The van der Waals surface area contributed by atoms with Crippen LogP contribution in [0.3, 0.4) is 0 Å². The highest BCUT2D eigenvalue weighted by Crippen LogP contribution is 2.31. The average Bonchev–Trinajstić information content (AvgIpc) is 2.20. The molecule has 0 spiro atoms. The van der Waals surface area contributed by atoms with E-state index >= 15 is 0 Å². The van der Waals surface area contributed by atoms with Crippen LogP contribution in [0.4, 0.5) is 0 Å². The molecule has 0 radical (unpaired) electrons. The van der Waals surface area contributed by atoms with Crippen LogP contribution < -0.4 is 0 Å². The van der Waals surface area contributed by atoms with Crippen molar-refractivity contribution < 1.29 is 0 Å². The first-order chi connectivity index (χ1) is 6.38. The van der Waals surface area contributed by atoms with E-state index < -0.39 is 0 Å². The highest BCUT2D eigenvalue weighted by Gasteiger charge is 2.07. The maximum absolute atomic E-state index is 3.58. The Labute approximate surface area is 87.1 Å². The maximum atomic E-state index is 3.58. The molecule has 0 N–H and O–H groups in total. The van der Waals surface area contributed by atoms with E-state index in [1.165, 1.54) is 15.6 Å². The zero-order valence-corrected chi connectivity index (χ0v) is 8.92. The Kier molecular flexibility index (Phi) is 2.65. The van der Waals surface area contributed by atoms with E-state index in [0.717, 1.165) is 12.8 Å². The van der Waals surface area contributed by atoms with Gasteiger partial charge in [-0.1, -0.05) is 58.4 Å². The highest BCUT2D eigenvalue weighted by atomic mass is 79.9. The van der Waals surface area contributed by atoms with Gasteiger partial charge in [0.2, 0.25) is 0 Å². The normalized spacial score (nSPS) is 16.4. The van der Waals surface area contributed by atoms with Crippen molar-refractivity contribution in [3.05, 3.63) is 52.5 Å². The number of allylic oxidation sites excluding steroid dienone is 4. The van der Waals surface area contributed by atoms with Gasteiger partial charge >= 0.3 is 0 Å². The monoisotopic (exact) mass is 234 g/mol. The number of benzene rings is 1. The van der Waals surface area contributed by atoms with Crippen molar-refractivity contribution in [1.82, 2.24) is 0 Å². The summed E-state index contributed by atoms with van der Waals surface area (Å²) in [6.45, 7) is 0. The zero-order chi connectivity index (χ0) is 9.10. The quantitative estimate of drug-likeness (QED) is 0.686. The Bertz CT molecular complexity index is 347. The summed E-state index contributed by atoms with van der Waals surface area (Å²) in [5.41, 5.74) is 2.75. The van der Waals surface area contributed by atoms with Crippen LogP contribution in [0, 0.1) is 0 Å². The van der Waals surface area contributed by atoms with Gasteiger partial charge in [0, 0.05) is 4.48 Å². The van der Waals surface area contributed by atoms with Crippen LogP contribution in [0.5, 0.6) is 0 Å². The number of hydrogen-bond donors (Lipinski definition) is 0. The molecule has 1 aromatic rings. The first kappa shape index (κ1) is 8.76. The van der Waals surface area contributed by atoms with Crippen molar-refractivity contribution in [3.8, 4) is 0 Å². The van der Waals surface area contributed by atoms with Gasteiger partial charge in [0.25, 0.3) is 0 Å². The second kappa shape index (κ2) is 3.93. The third-order valence-corrected chi connectivity index (χ3v) is 2.98. The molecule has 0 aliphatic heterocycles. The smallest absolute Gasteiger partial charge is 0.0210 e. The molecule has 1 heteroatoms. The fourth-order valence-electron chi connectivity index (χ4n) is 1.56. The van der Waals surface area contributed by atoms with Crippen molar-refractivity contribution in [2.75, 3.05) is 0 Å². The third-order valence-electron chi connectivity index (χ3n) is 2.24. The van der Waals surface area contributed by atoms with Crippen molar-refractivity contribution in [1.29, 1.82) is 0 Å². The molecule has 0 bridgehead atoms. The fourth-order valence-corrected chi connectivity index (χ4v) is 2.17. The minimum Gasteiger partial charge on any atom is -0.0831 e. The Morgan fingerprint density at radius 2 is 1.85 bits per heavy atom. The Hall–Kier alpha value is -0.820. The molecule has 0 heterocycles. The Morgan fingerprint density at radius 1 is 1.08 bits per heavy atom. The van der Waals surface area contributed by atoms with E-state index in [9.17, 15) is 0 Å². The van der Waals surface area contributed by atoms with Crippen LogP contribution in [0.1, 0.15) is 18.4 Å². The standard InChI is InChI=1S/C12H11Br/c13-12-9-5-4-8-11(12)10-6-2-1-3-7-10/h1-3,5-7,9H,4,8H2. The zero-order valence-electron chi connectivity index (χ0n) is 7.33. The summed E-state index contributed by atoms with van der Waals surface area (Å²) in [7, 11) is 0. The molecule has 1 aliphatic carbocycles. The van der Waals surface area contributed by atoms with Crippen molar-refractivity contribution in [2.24, 2.45) is 0 Å². The topological polar surface area (TPSA) is 0 Å². The van der Waals surface area contributed by atoms with Gasteiger partial charge in [-0.3, -0.25) is 0 Å². The summed E-state index contributed by atoms with van der Waals surface area (Å²) in [6, 6.07) is 10.5. The molecule has 2 rings (SSSR count). The van der Waals surface area contributed by atoms with Gasteiger partial charge in [-0.2, -0.15) is 0 Å². The van der Waals surface area contributed by atoms with Gasteiger partial charge in [0.05, 0.1) is 0 Å². The first-order valence-electron chi connectivity index (χ1n) is 4.48. The molecule has 66 valence electrons. The van der Waals surface area contributed by atoms with Gasteiger partial charge < -0.3 is 0 Å². The van der Waals surface area contributed by atoms with E-state index in [-0.39, 0.29) is 0 Å². The fraction of sp³-hybridized carbons (Fsp3) is 0.167. The van der Waals surface area contributed by atoms with Gasteiger partial charge in [-0.25, -0.2) is 0 Å². The lowest BCUT2D eigenvalue weighted by Crippen LogP contribution is -1.89. The predicted molar refractivity (Wildman–Crippen MR) is 60.7 cm³/mol. The molecule has 1 aliphatic rings. The number of rotatable bonds is 1. The molecule has 0 atom stereocenters. The van der Waals surface area contributed by atoms with Gasteiger partial charge in [-0.05, 0) is 24.0 Å². The molecule has 0 amide bonds. The van der Waals surface area contributed by atoms with Crippen LogP contribution in [0.2, 0.25) is 0 Å². The largest absolute Gasteiger partial charge is 0.0831 e. The summed E-state index contributed by atoms with van der Waals surface area (Å²) in [6.07, 6.45) is 6.64. The van der Waals surface area contributed by atoms with Crippen LogP contribution >= 0.6 is 15.9 Å². The Morgan fingerprint density at radius 3 is 2.54 bits per heavy atom. The summed E-state index contributed by atoms with van der Waals surface area (Å²) in [5, 5.41) is 0. The second-order valence-electron chi connectivity index (χ2n) is 3.13. The molecule has 0 fully saturated rings. The minimum atomic E-state index is 1.14. The van der Waals surface area contributed by atoms with E-state index in [0.29, 0.717) is 0 Å². The maximum Gasteiger partial charge on any atom is 0.0210 e. The van der Waals surface area contributed by atoms with Crippen LogP contribution in [0.25, 0.3) is 5.57 Å². The van der Waals surface area contributed by atoms with E-state index in [1.54, 1.807) is 0 Å². The average molecular weight is 235 g/mol. The number of hydrogen-bond acceptors (Lipinski definition) is 0.